The normalized spacial score (nSPS) is 13.0. The lowest BCUT2D eigenvalue weighted by atomic mass is 10.1. The third-order valence-electron chi connectivity index (χ3n) is 2.35. The summed E-state index contributed by atoms with van der Waals surface area (Å²) in [4.78, 5) is 4.35. The molecular formula is C12H13ClN2. The second-order valence-corrected chi connectivity index (χ2v) is 4.18. The number of nitrogens with zero attached hydrogens (tertiary/aromatic N) is 1. The van der Waals surface area contributed by atoms with Gasteiger partial charge in [-0.05, 0) is 19.1 Å². The average molecular weight is 221 g/mol. The van der Waals surface area contributed by atoms with Crippen LogP contribution < -0.4 is 5.73 Å². The van der Waals surface area contributed by atoms with Crippen LogP contribution in [0.15, 0.2) is 30.5 Å². The van der Waals surface area contributed by atoms with E-state index in [-0.39, 0.29) is 6.04 Å². The molecule has 1 heterocycles. The molecule has 1 unspecified atom stereocenters. The van der Waals surface area contributed by atoms with E-state index in [2.05, 4.69) is 4.98 Å². The van der Waals surface area contributed by atoms with E-state index in [1.165, 1.54) is 0 Å². The van der Waals surface area contributed by atoms with Crippen LogP contribution in [-0.4, -0.2) is 11.0 Å². The zero-order valence-electron chi connectivity index (χ0n) is 8.57. The highest BCUT2D eigenvalue weighted by Gasteiger charge is 2.06. The molecule has 0 aliphatic carbocycles. The van der Waals surface area contributed by atoms with E-state index in [0.29, 0.717) is 0 Å². The molecule has 1 aromatic heterocycles. The molecule has 0 radical (unpaired) electrons. The molecule has 0 saturated heterocycles. The molecule has 15 heavy (non-hydrogen) atoms. The van der Waals surface area contributed by atoms with Gasteiger partial charge in [-0.25, -0.2) is 0 Å². The van der Waals surface area contributed by atoms with E-state index in [1.807, 2.05) is 31.2 Å². The van der Waals surface area contributed by atoms with E-state index in [9.17, 15) is 0 Å². The topological polar surface area (TPSA) is 38.9 Å². The van der Waals surface area contributed by atoms with Gasteiger partial charge in [0, 0.05) is 40.1 Å². The van der Waals surface area contributed by atoms with Gasteiger partial charge in [0.25, 0.3) is 0 Å². The van der Waals surface area contributed by atoms with Gasteiger partial charge in [0.2, 0.25) is 0 Å². The molecule has 0 fully saturated rings. The second-order valence-electron chi connectivity index (χ2n) is 3.77. The number of halogens is 1. The molecule has 3 heteroatoms. The number of pyridine rings is 1. The number of hydrogen-bond acceptors (Lipinski definition) is 2. The molecule has 0 spiro atoms. The average Bonchev–Trinajstić information content (AvgIpc) is 2.19. The summed E-state index contributed by atoms with van der Waals surface area (Å²) in [5, 5.41) is 2.91. The Morgan fingerprint density at radius 1 is 1.33 bits per heavy atom. The largest absolute Gasteiger partial charge is 0.328 e. The van der Waals surface area contributed by atoms with Gasteiger partial charge in [-0.3, -0.25) is 4.98 Å². The number of aromatic nitrogens is 1. The summed E-state index contributed by atoms with van der Waals surface area (Å²) in [6.07, 6.45) is 2.56. The molecule has 0 amide bonds. The second kappa shape index (κ2) is 4.17. The van der Waals surface area contributed by atoms with E-state index in [1.54, 1.807) is 6.20 Å². The Bertz CT molecular complexity index is 480. The van der Waals surface area contributed by atoms with Crippen molar-refractivity contribution >= 4 is 22.4 Å². The van der Waals surface area contributed by atoms with Gasteiger partial charge in [0.05, 0.1) is 0 Å². The first kappa shape index (κ1) is 10.4. The number of rotatable bonds is 2. The van der Waals surface area contributed by atoms with Crippen molar-refractivity contribution in [3.63, 3.8) is 0 Å². The van der Waals surface area contributed by atoms with Crippen molar-refractivity contribution < 1.29 is 0 Å². The van der Waals surface area contributed by atoms with Gasteiger partial charge >= 0.3 is 0 Å². The zero-order chi connectivity index (χ0) is 10.8. The molecule has 2 aromatic rings. The fraction of sp³-hybridized carbons (Fsp3) is 0.250. The molecule has 2 rings (SSSR count). The Balaban J connectivity index is 2.61. The first-order valence-corrected chi connectivity index (χ1v) is 5.34. The summed E-state index contributed by atoms with van der Waals surface area (Å²) in [5.41, 5.74) is 6.80. The van der Waals surface area contributed by atoms with Gasteiger partial charge in [-0.2, -0.15) is 0 Å². The quantitative estimate of drug-likeness (QED) is 0.846. The lowest BCUT2D eigenvalue weighted by Crippen LogP contribution is -2.18. The first-order chi connectivity index (χ1) is 7.18. The Morgan fingerprint density at radius 2 is 2.13 bits per heavy atom. The van der Waals surface area contributed by atoms with Crippen LogP contribution in [0.25, 0.3) is 10.8 Å². The molecule has 2 nitrogen and oxygen atoms in total. The summed E-state index contributed by atoms with van der Waals surface area (Å²) >= 11 is 6.11. The van der Waals surface area contributed by atoms with Crippen molar-refractivity contribution in [2.24, 2.45) is 5.73 Å². The van der Waals surface area contributed by atoms with Crippen molar-refractivity contribution in [2.45, 2.75) is 19.4 Å². The number of fused-ring (bicyclic) bond motifs is 1. The van der Waals surface area contributed by atoms with Crippen LogP contribution in [-0.2, 0) is 6.42 Å². The molecule has 1 atom stereocenters. The maximum absolute atomic E-state index is 6.11. The van der Waals surface area contributed by atoms with Crippen LogP contribution in [0.3, 0.4) is 0 Å². The highest BCUT2D eigenvalue weighted by Crippen LogP contribution is 2.24. The molecule has 0 aliphatic heterocycles. The molecule has 0 bridgehead atoms. The third-order valence-corrected chi connectivity index (χ3v) is 2.68. The molecule has 0 saturated carbocycles. The number of hydrogen-bond donors (Lipinski definition) is 1. The van der Waals surface area contributed by atoms with Crippen molar-refractivity contribution in [2.75, 3.05) is 0 Å². The molecule has 78 valence electrons. The minimum absolute atomic E-state index is 0.113. The third kappa shape index (κ3) is 2.11. The zero-order valence-corrected chi connectivity index (χ0v) is 9.33. The predicted octanol–water partition coefficient (Wildman–Crippen LogP) is 2.78. The summed E-state index contributed by atoms with van der Waals surface area (Å²) in [7, 11) is 0. The molecule has 2 N–H and O–H groups in total. The van der Waals surface area contributed by atoms with Crippen molar-refractivity contribution in [3.05, 3.63) is 41.2 Å². The Morgan fingerprint density at radius 3 is 2.87 bits per heavy atom. The van der Waals surface area contributed by atoms with Gasteiger partial charge in [0.15, 0.2) is 0 Å². The van der Waals surface area contributed by atoms with Crippen LogP contribution >= 0.6 is 11.6 Å². The summed E-state index contributed by atoms with van der Waals surface area (Å²) < 4.78 is 0. The monoisotopic (exact) mass is 220 g/mol. The maximum atomic E-state index is 6.11. The smallest absolute Gasteiger partial charge is 0.0497 e. The Kier molecular flexibility index (Phi) is 2.89. The standard InChI is InChI=1S/C12H13ClN2/c1-8(14)7-12-10-3-2-4-11(13)9(10)5-6-15-12/h2-6,8H,7,14H2,1H3. The summed E-state index contributed by atoms with van der Waals surface area (Å²) in [5.74, 6) is 0. The van der Waals surface area contributed by atoms with E-state index in [4.69, 9.17) is 17.3 Å². The fourth-order valence-corrected chi connectivity index (χ4v) is 1.93. The van der Waals surface area contributed by atoms with Crippen LogP contribution in [0.2, 0.25) is 5.02 Å². The van der Waals surface area contributed by atoms with E-state index in [0.717, 1.165) is 27.9 Å². The molecule has 1 aromatic carbocycles. The van der Waals surface area contributed by atoms with E-state index < -0.39 is 0 Å². The van der Waals surface area contributed by atoms with Crippen molar-refractivity contribution in [1.29, 1.82) is 0 Å². The van der Waals surface area contributed by atoms with Crippen LogP contribution in [0.4, 0.5) is 0 Å². The number of nitrogens with two attached hydrogens (primary N) is 1. The summed E-state index contributed by atoms with van der Waals surface area (Å²) in [6, 6.07) is 7.91. The van der Waals surface area contributed by atoms with Gasteiger partial charge < -0.3 is 5.73 Å². The van der Waals surface area contributed by atoms with Crippen molar-refractivity contribution in [3.8, 4) is 0 Å². The lowest BCUT2D eigenvalue weighted by molar-refractivity contribution is 0.727. The molecule has 0 aliphatic rings. The van der Waals surface area contributed by atoms with Gasteiger partial charge in [0.1, 0.15) is 0 Å². The summed E-state index contributed by atoms with van der Waals surface area (Å²) in [6.45, 7) is 1.98. The Hall–Kier alpha value is -1.12. The van der Waals surface area contributed by atoms with E-state index >= 15 is 0 Å². The number of benzene rings is 1. The lowest BCUT2D eigenvalue weighted by Gasteiger charge is -2.08. The van der Waals surface area contributed by atoms with Crippen LogP contribution in [0, 0.1) is 0 Å². The fourth-order valence-electron chi connectivity index (χ4n) is 1.70. The SMILES string of the molecule is CC(N)Cc1nccc2c(Cl)cccc12. The predicted molar refractivity (Wildman–Crippen MR) is 64.1 cm³/mol. The van der Waals surface area contributed by atoms with Crippen LogP contribution in [0.1, 0.15) is 12.6 Å². The minimum Gasteiger partial charge on any atom is -0.328 e. The highest BCUT2D eigenvalue weighted by molar-refractivity contribution is 6.35. The van der Waals surface area contributed by atoms with Gasteiger partial charge in [-0.1, -0.05) is 23.7 Å². The highest BCUT2D eigenvalue weighted by atomic mass is 35.5. The minimum atomic E-state index is 0.113. The van der Waals surface area contributed by atoms with Crippen molar-refractivity contribution in [1.82, 2.24) is 4.98 Å². The maximum Gasteiger partial charge on any atom is 0.0497 e. The van der Waals surface area contributed by atoms with Gasteiger partial charge in [-0.15, -0.1) is 0 Å². The van der Waals surface area contributed by atoms with Crippen LogP contribution in [0.5, 0.6) is 0 Å². The first-order valence-electron chi connectivity index (χ1n) is 4.96. The molecular weight excluding hydrogens is 208 g/mol. The Labute approximate surface area is 94.1 Å².